The van der Waals surface area contributed by atoms with Crippen LogP contribution in [0.15, 0.2) is 58.7 Å². The number of aryl methyl sites for hydroxylation is 1. The highest BCUT2D eigenvalue weighted by Crippen LogP contribution is 2.28. The molecule has 0 aliphatic heterocycles. The number of hydrogen-bond donors (Lipinski definition) is 1. The first-order valence-electron chi connectivity index (χ1n) is 9.53. The Morgan fingerprint density at radius 2 is 1.83 bits per heavy atom. The molecule has 0 radical (unpaired) electrons. The van der Waals surface area contributed by atoms with Gasteiger partial charge >= 0.3 is 0 Å². The fourth-order valence-corrected chi connectivity index (χ4v) is 3.78. The van der Waals surface area contributed by atoms with Gasteiger partial charge in [-0.15, -0.1) is 0 Å². The number of imidazole rings is 1. The van der Waals surface area contributed by atoms with E-state index in [-0.39, 0.29) is 11.5 Å². The number of fused-ring (bicyclic) bond motifs is 1. The molecule has 29 heavy (non-hydrogen) atoms. The summed E-state index contributed by atoms with van der Waals surface area (Å²) < 4.78 is 41.7. The molecule has 0 amide bonds. The van der Waals surface area contributed by atoms with E-state index < -0.39 is 6.43 Å². The van der Waals surface area contributed by atoms with E-state index in [4.69, 9.17) is 5.73 Å². The molecule has 1 fully saturated rings. The number of aromatic nitrogens is 2. The Morgan fingerprint density at radius 1 is 1.10 bits per heavy atom. The smallest absolute Gasteiger partial charge is 0.278 e. The van der Waals surface area contributed by atoms with Crippen molar-refractivity contribution in [2.45, 2.75) is 39.0 Å². The molecular weight excluding hydrogens is 377 g/mol. The lowest BCUT2D eigenvalue weighted by Crippen LogP contribution is -2.19. The van der Waals surface area contributed by atoms with Crippen molar-refractivity contribution in [3.8, 4) is 5.69 Å². The Bertz CT molecular complexity index is 1110. The van der Waals surface area contributed by atoms with Crippen LogP contribution in [-0.4, -0.2) is 21.7 Å². The lowest BCUT2D eigenvalue weighted by Gasteiger charge is -2.19. The average Bonchev–Trinajstić information content (AvgIpc) is 3.03. The van der Waals surface area contributed by atoms with E-state index in [9.17, 15) is 13.2 Å². The maximum atomic E-state index is 13.7. The summed E-state index contributed by atoms with van der Waals surface area (Å²) in [5.41, 5.74) is 9.24. The molecule has 0 saturated heterocycles. The van der Waals surface area contributed by atoms with Crippen LogP contribution in [0.3, 0.4) is 0 Å². The summed E-state index contributed by atoms with van der Waals surface area (Å²) >= 11 is 0. The number of rotatable bonds is 3. The largest absolute Gasteiger partial charge is 0.397 e. The molecule has 0 bridgehead atoms. The van der Waals surface area contributed by atoms with E-state index in [1.807, 2.05) is 35.8 Å². The minimum absolute atomic E-state index is 0.324. The quantitative estimate of drug-likeness (QED) is 0.625. The summed E-state index contributed by atoms with van der Waals surface area (Å²) in [6.45, 7) is 1.86. The van der Waals surface area contributed by atoms with Crippen LogP contribution < -0.4 is 5.73 Å². The summed E-state index contributed by atoms with van der Waals surface area (Å²) in [5.74, 6) is 0.418. The summed E-state index contributed by atoms with van der Waals surface area (Å²) in [5, 5.41) is 0. The maximum Gasteiger partial charge on any atom is 0.278 e. The van der Waals surface area contributed by atoms with Crippen LogP contribution in [0.2, 0.25) is 0 Å². The lowest BCUT2D eigenvalue weighted by molar-refractivity contribution is 0.186. The summed E-state index contributed by atoms with van der Waals surface area (Å²) in [7, 11) is 0. The highest BCUT2D eigenvalue weighted by Gasteiger charge is 2.21. The monoisotopic (exact) mass is 398 g/mol. The predicted molar refractivity (Wildman–Crippen MR) is 109 cm³/mol. The molecular formula is C22H21F3N4. The number of nitrogens with two attached hydrogens (primary N) is 1. The van der Waals surface area contributed by atoms with Gasteiger partial charge in [-0.25, -0.2) is 18.2 Å². The molecule has 2 N–H and O–H groups in total. The third kappa shape index (κ3) is 3.77. The van der Waals surface area contributed by atoms with Gasteiger partial charge < -0.3 is 5.73 Å². The van der Waals surface area contributed by atoms with Gasteiger partial charge in [-0.2, -0.15) is 0 Å². The fraction of sp³-hybridized carbons (Fsp3) is 0.273. The molecule has 0 spiro atoms. The number of halogens is 3. The van der Waals surface area contributed by atoms with Gasteiger partial charge in [-0.1, -0.05) is 0 Å². The van der Waals surface area contributed by atoms with Crippen LogP contribution in [0.5, 0.6) is 0 Å². The molecule has 0 atom stereocenters. The Kier molecular flexibility index (Phi) is 5.13. The minimum atomic E-state index is -2.67. The second-order valence-electron chi connectivity index (χ2n) is 7.14. The van der Waals surface area contributed by atoms with Crippen LogP contribution in [0.1, 0.15) is 31.5 Å². The number of alkyl halides is 2. The van der Waals surface area contributed by atoms with Gasteiger partial charge in [0.05, 0.1) is 22.4 Å². The Hall–Kier alpha value is -3.09. The molecule has 4 nitrogen and oxygen atoms in total. The Morgan fingerprint density at radius 3 is 2.55 bits per heavy atom. The van der Waals surface area contributed by atoms with Gasteiger partial charge in [-0.3, -0.25) is 9.56 Å². The second-order valence-corrected chi connectivity index (χ2v) is 7.14. The standard InChI is InChI=1S/C22H21F3N4/c1-13-27-19-11-6-14(23)12-20(19)29(13)16-9-7-15(8-10-16)28-18-5-3-2-4-17(18)21(26)22(24)25/h6-12,22H,2-5,26H2,1H3. The fourth-order valence-electron chi connectivity index (χ4n) is 3.78. The molecule has 1 aromatic heterocycles. The molecule has 4 rings (SSSR count). The average molecular weight is 398 g/mol. The highest BCUT2D eigenvalue weighted by atomic mass is 19.3. The maximum absolute atomic E-state index is 13.7. The topological polar surface area (TPSA) is 56.2 Å². The van der Waals surface area contributed by atoms with Gasteiger partial charge in [0.25, 0.3) is 6.43 Å². The first-order valence-corrected chi connectivity index (χ1v) is 9.53. The molecule has 2 aromatic carbocycles. The number of benzene rings is 2. The van der Waals surface area contributed by atoms with Gasteiger partial charge in [0, 0.05) is 17.5 Å². The number of nitrogens with zero attached hydrogens (tertiary/aromatic N) is 3. The van der Waals surface area contributed by atoms with Crippen molar-refractivity contribution in [3.63, 3.8) is 0 Å². The van der Waals surface area contributed by atoms with Crippen LogP contribution in [0.4, 0.5) is 18.9 Å². The summed E-state index contributed by atoms with van der Waals surface area (Å²) in [6.07, 6.45) is 0.231. The SMILES string of the molecule is Cc1nc2ccc(F)cc2n1-c1ccc(N=C2CCCCC2=C(N)C(F)F)cc1. The van der Waals surface area contributed by atoms with Gasteiger partial charge in [-0.05, 0) is 74.6 Å². The third-order valence-corrected chi connectivity index (χ3v) is 5.18. The zero-order valence-electron chi connectivity index (χ0n) is 16.0. The minimum Gasteiger partial charge on any atom is -0.397 e. The van der Waals surface area contributed by atoms with E-state index in [1.54, 1.807) is 6.07 Å². The van der Waals surface area contributed by atoms with Crippen molar-refractivity contribution >= 4 is 22.4 Å². The second kappa shape index (κ2) is 7.73. The van der Waals surface area contributed by atoms with E-state index in [0.29, 0.717) is 40.8 Å². The molecule has 150 valence electrons. The predicted octanol–water partition coefficient (Wildman–Crippen LogP) is 5.60. The van der Waals surface area contributed by atoms with E-state index in [2.05, 4.69) is 9.98 Å². The van der Waals surface area contributed by atoms with Crippen LogP contribution in [-0.2, 0) is 0 Å². The van der Waals surface area contributed by atoms with E-state index >= 15 is 0 Å². The zero-order chi connectivity index (χ0) is 20.5. The summed E-state index contributed by atoms with van der Waals surface area (Å²) in [6, 6.07) is 11.9. The van der Waals surface area contributed by atoms with Gasteiger partial charge in [0.15, 0.2) is 0 Å². The van der Waals surface area contributed by atoms with Crippen molar-refractivity contribution in [1.82, 2.24) is 9.55 Å². The first-order chi connectivity index (χ1) is 13.9. The number of hydrogen-bond acceptors (Lipinski definition) is 3. The normalized spacial score (nSPS) is 18.0. The van der Waals surface area contributed by atoms with Crippen LogP contribution in [0.25, 0.3) is 16.7 Å². The van der Waals surface area contributed by atoms with Gasteiger partial charge in [0.2, 0.25) is 0 Å². The third-order valence-electron chi connectivity index (χ3n) is 5.18. The zero-order valence-corrected chi connectivity index (χ0v) is 16.0. The van der Waals surface area contributed by atoms with Crippen LogP contribution in [0, 0.1) is 12.7 Å². The first kappa shape index (κ1) is 19.2. The Balaban J connectivity index is 1.70. The number of allylic oxidation sites excluding steroid dienone is 2. The molecule has 0 unspecified atom stereocenters. The van der Waals surface area contributed by atoms with Crippen molar-refractivity contribution in [3.05, 3.63) is 65.4 Å². The molecule has 1 saturated carbocycles. The van der Waals surface area contributed by atoms with Crippen LogP contribution >= 0.6 is 0 Å². The highest BCUT2D eigenvalue weighted by molar-refractivity contribution is 6.02. The molecule has 1 aliphatic carbocycles. The van der Waals surface area contributed by atoms with E-state index in [0.717, 1.165) is 24.4 Å². The number of aliphatic imine (C=N–C) groups is 1. The summed E-state index contributed by atoms with van der Waals surface area (Å²) in [4.78, 5) is 9.06. The molecule has 3 aromatic rings. The molecule has 1 heterocycles. The molecule has 7 heteroatoms. The van der Waals surface area contributed by atoms with Crippen molar-refractivity contribution < 1.29 is 13.2 Å². The van der Waals surface area contributed by atoms with Crippen molar-refractivity contribution in [2.75, 3.05) is 0 Å². The van der Waals surface area contributed by atoms with Crippen molar-refractivity contribution in [2.24, 2.45) is 10.7 Å². The van der Waals surface area contributed by atoms with Crippen molar-refractivity contribution in [1.29, 1.82) is 0 Å². The molecule has 1 aliphatic rings. The lowest BCUT2D eigenvalue weighted by atomic mass is 9.91. The van der Waals surface area contributed by atoms with E-state index in [1.165, 1.54) is 12.1 Å². The Labute approximate surface area is 166 Å². The van der Waals surface area contributed by atoms with Gasteiger partial charge in [0.1, 0.15) is 11.6 Å².